The quantitative estimate of drug-likeness (QED) is 0.343. The first-order valence-electron chi connectivity index (χ1n) is 4.33. The zero-order valence-corrected chi connectivity index (χ0v) is 11.5. The molecule has 0 bridgehead atoms. The van der Waals surface area contributed by atoms with Crippen LogP contribution in [0, 0.1) is 0 Å². The number of hydrogen-bond donors (Lipinski definition) is 2. The van der Waals surface area contributed by atoms with Crippen LogP contribution >= 0.6 is 16.5 Å². The van der Waals surface area contributed by atoms with Crippen LogP contribution in [0.4, 0.5) is 0 Å². The van der Waals surface area contributed by atoms with Gasteiger partial charge in [-0.15, -0.1) is 0 Å². The van der Waals surface area contributed by atoms with Crippen LogP contribution in [0.25, 0.3) is 0 Å². The predicted molar refractivity (Wildman–Crippen MR) is 53.3 cm³/mol. The number of rotatable bonds is 3. The van der Waals surface area contributed by atoms with Gasteiger partial charge in [0.05, 0.1) is 0 Å². The minimum absolute atomic E-state index is 0.401. The molecule has 0 aromatic rings. The van der Waals surface area contributed by atoms with Crippen LogP contribution in [0.1, 0.15) is 25.7 Å². The van der Waals surface area contributed by atoms with Crippen LogP contribution in [0.2, 0.25) is 0 Å². The molecule has 0 radical (unpaired) electrons. The van der Waals surface area contributed by atoms with Crippen LogP contribution in [-0.4, -0.2) is 19.2 Å². The van der Waals surface area contributed by atoms with Gasteiger partial charge in [-0.05, 0) is 0 Å². The predicted octanol–water partition coefficient (Wildman–Crippen LogP) is -1.61. The van der Waals surface area contributed by atoms with E-state index in [0.29, 0.717) is 23.6 Å². The van der Waals surface area contributed by atoms with Gasteiger partial charge in [0.25, 0.3) is 0 Å². The van der Waals surface area contributed by atoms with Crippen LogP contribution < -0.4 is 24.6 Å². The van der Waals surface area contributed by atoms with Gasteiger partial charge in [0.15, 0.2) is 0 Å². The van der Waals surface area contributed by atoms with Crippen LogP contribution in [-0.2, 0) is 3.07 Å². The Morgan fingerprint density at radius 1 is 1.42 bits per heavy atom. The summed E-state index contributed by atoms with van der Waals surface area (Å²) in [6.45, 7) is 0. The molecule has 12 heavy (non-hydrogen) atoms. The molecule has 1 aliphatic heterocycles. The van der Waals surface area contributed by atoms with Crippen LogP contribution in [0.5, 0.6) is 0 Å². The summed E-state index contributed by atoms with van der Waals surface area (Å²) in [5.74, 6) is 0. The Labute approximate surface area is 88.3 Å². The second kappa shape index (κ2) is 4.72. The molecule has 0 aromatic heterocycles. The van der Waals surface area contributed by atoms with Crippen molar-refractivity contribution in [2.75, 3.05) is 7.05 Å². The van der Waals surface area contributed by atoms with E-state index in [1.807, 2.05) is 0 Å². The molecule has 0 aromatic carbocycles. The van der Waals surface area contributed by atoms with Crippen molar-refractivity contribution in [1.82, 2.24) is 7.06 Å². The Morgan fingerprint density at radius 3 is 2.58 bits per heavy atom. The van der Waals surface area contributed by atoms with E-state index in [-0.39, 0.29) is 0 Å². The average molecular weight is 397 g/mol. The van der Waals surface area contributed by atoms with Crippen LogP contribution in [0.3, 0.4) is 0 Å². The molecule has 1 saturated heterocycles. The monoisotopic (exact) mass is 397 g/mol. The van der Waals surface area contributed by atoms with Crippen molar-refractivity contribution in [2.45, 2.75) is 37.8 Å². The fourth-order valence-corrected chi connectivity index (χ4v) is 9.36. The van der Waals surface area contributed by atoms with E-state index in [0.717, 1.165) is 6.04 Å². The Hall–Kier alpha value is 1.34. The molecule has 2 aliphatic rings. The topological polar surface area (TPSA) is 43.2 Å². The van der Waals surface area contributed by atoms with Gasteiger partial charge < -0.3 is 0 Å². The summed E-state index contributed by atoms with van der Waals surface area (Å²) in [6, 6.07) is 0.760. The van der Waals surface area contributed by atoms with E-state index in [1.165, 1.54) is 25.7 Å². The molecule has 0 amide bonds. The van der Waals surface area contributed by atoms with E-state index in [1.54, 1.807) is 0 Å². The van der Waals surface area contributed by atoms with E-state index in [4.69, 9.17) is 3.07 Å². The van der Waals surface area contributed by atoms with Gasteiger partial charge in [-0.25, -0.2) is 0 Å². The SMILES string of the molecule is CNC1CCC(OI2N[I-]2)CC1. The summed E-state index contributed by atoms with van der Waals surface area (Å²) in [5, 5.41) is 3.34. The molecule has 0 spiro atoms. The van der Waals surface area contributed by atoms with Gasteiger partial charge in [-0.1, -0.05) is 0 Å². The number of halogens is 2. The first kappa shape index (κ1) is 9.88. The fourth-order valence-electron chi connectivity index (χ4n) is 1.60. The summed E-state index contributed by atoms with van der Waals surface area (Å²) in [4.78, 5) is 0. The van der Waals surface area contributed by atoms with Crippen molar-refractivity contribution in [3.8, 4) is 0 Å². The van der Waals surface area contributed by atoms with Crippen molar-refractivity contribution in [3.63, 3.8) is 0 Å². The summed E-state index contributed by atoms with van der Waals surface area (Å²) in [6.07, 6.45) is 5.80. The summed E-state index contributed by atoms with van der Waals surface area (Å²) in [5.41, 5.74) is 0. The molecule has 2 fully saturated rings. The van der Waals surface area contributed by atoms with Gasteiger partial charge in [0.1, 0.15) is 0 Å². The summed E-state index contributed by atoms with van der Waals surface area (Å²) in [7, 11) is 2.07. The minimum atomic E-state index is -0.835. The van der Waals surface area contributed by atoms with Gasteiger partial charge in [-0.2, -0.15) is 0 Å². The van der Waals surface area contributed by atoms with Crippen molar-refractivity contribution in [2.24, 2.45) is 0 Å². The molecule has 0 atom stereocenters. The average Bonchev–Trinajstić information content (AvgIpc) is 2.90. The molecule has 3 nitrogen and oxygen atoms in total. The Kier molecular flexibility index (Phi) is 3.88. The molecule has 1 saturated carbocycles. The zero-order chi connectivity index (χ0) is 8.39. The fraction of sp³-hybridized carbons (Fsp3) is 1.00. The molecule has 5 heteroatoms. The number of nitrogens with one attached hydrogen (secondary N) is 2. The molecule has 2 rings (SSSR count). The summed E-state index contributed by atoms with van der Waals surface area (Å²) < 4.78 is 9.40. The third-order valence-corrected chi connectivity index (χ3v) is 10.6. The molecule has 1 heterocycles. The molecule has 1 aliphatic carbocycles. The van der Waals surface area contributed by atoms with E-state index < -0.39 is 16.5 Å². The van der Waals surface area contributed by atoms with Gasteiger partial charge in [-0.3, -0.25) is 0 Å². The normalized spacial score (nSPS) is 38.9. The standard InChI is InChI=1S/C7H15I2N2O/c1-10-6-2-4-7(5-3-6)12-9-8-11-9/h6-7,10-11H,2-5H2,1H3/q-1. The Balaban J connectivity index is 1.66. The van der Waals surface area contributed by atoms with Gasteiger partial charge in [0, 0.05) is 0 Å². The molecule has 2 N–H and O–H groups in total. The van der Waals surface area contributed by atoms with Crippen molar-refractivity contribution in [3.05, 3.63) is 0 Å². The maximum absolute atomic E-state index is 5.96. The van der Waals surface area contributed by atoms with E-state index >= 15 is 0 Å². The second-order valence-corrected chi connectivity index (χ2v) is 16.1. The van der Waals surface area contributed by atoms with Gasteiger partial charge in [0.2, 0.25) is 0 Å². The molecular weight excluding hydrogens is 382 g/mol. The van der Waals surface area contributed by atoms with Crippen molar-refractivity contribution in [1.29, 1.82) is 0 Å². The number of hydrogen-bond acceptors (Lipinski definition) is 3. The Bertz CT molecular complexity index is 146. The van der Waals surface area contributed by atoms with Crippen LogP contribution in [0.15, 0.2) is 0 Å². The molecule has 0 unspecified atom stereocenters. The first-order valence-corrected chi connectivity index (χ1v) is 13.7. The zero-order valence-electron chi connectivity index (χ0n) is 7.15. The van der Waals surface area contributed by atoms with Crippen molar-refractivity contribution < 1.29 is 20.6 Å². The van der Waals surface area contributed by atoms with Crippen molar-refractivity contribution >= 4 is 16.5 Å². The third-order valence-electron chi connectivity index (χ3n) is 2.42. The summed E-state index contributed by atoms with van der Waals surface area (Å²) >= 11 is -0.434. The second-order valence-electron chi connectivity index (χ2n) is 3.20. The molecular formula is C7H15I2N2O-. The van der Waals surface area contributed by atoms with E-state index in [2.05, 4.69) is 14.1 Å². The maximum atomic E-state index is 5.96. The Morgan fingerprint density at radius 2 is 2.08 bits per heavy atom. The first-order chi connectivity index (χ1) is 5.88. The van der Waals surface area contributed by atoms with E-state index in [9.17, 15) is 0 Å². The van der Waals surface area contributed by atoms with Gasteiger partial charge >= 0.3 is 89.0 Å². The third kappa shape index (κ3) is 2.93. The molecule has 74 valence electrons.